The Bertz CT molecular complexity index is 529. The summed E-state index contributed by atoms with van der Waals surface area (Å²) in [4.78, 5) is 4.23. The Balaban J connectivity index is 1.52. The van der Waals surface area contributed by atoms with Crippen LogP contribution in [0.2, 0.25) is 0 Å². The van der Waals surface area contributed by atoms with Gasteiger partial charge in [-0.25, -0.2) is 4.98 Å². The lowest BCUT2D eigenvalue weighted by Gasteiger charge is -2.07. The number of rotatable bonds is 6. The van der Waals surface area contributed by atoms with E-state index in [0.29, 0.717) is 6.61 Å². The highest BCUT2D eigenvalue weighted by Gasteiger charge is 2.19. The number of imidazole rings is 1. The number of nitrogens with one attached hydrogen (secondary N) is 1. The Labute approximate surface area is 113 Å². The molecule has 0 spiro atoms. The molecule has 1 aromatic carbocycles. The molecular formula is C15H19N3O. The van der Waals surface area contributed by atoms with Crippen molar-refractivity contribution in [2.24, 2.45) is 7.05 Å². The molecule has 1 aromatic heterocycles. The summed E-state index contributed by atoms with van der Waals surface area (Å²) in [5.74, 6) is 1.82. The lowest BCUT2D eigenvalue weighted by Crippen LogP contribution is -2.15. The van der Waals surface area contributed by atoms with Gasteiger partial charge in [-0.2, -0.15) is 0 Å². The number of hydrogen-bond acceptors (Lipinski definition) is 3. The van der Waals surface area contributed by atoms with E-state index in [1.54, 1.807) is 6.20 Å². The fourth-order valence-electron chi connectivity index (χ4n) is 1.94. The molecular weight excluding hydrogens is 238 g/mol. The van der Waals surface area contributed by atoms with Gasteiger partial charge in [-0.3, -0.25) is 0 Å². The molecule has 0 bridgehead atoms. The summed E-state index contributed by atoms with van der Waals surface area (Å²) in [5, 5.41) is 3.50. The van der Waals surface area contributed by atoms with Crippen LogP contribution in [0.5, 0.6) is 5.75 Å². The first-order valence-electron chi connectivity index (χ1n) is 6.72. The molecule has 1 aliphatic carbocycles. The van der Waals surface area contributed by atoms with Crippen molar-refractivity contribution >= 4 is 0 Å². The van der Waals surface area contributed by atoms with Crippen molar-refractivity contribution < 1.29 is 4.74 Å². The van der Waals surface area contributed by atoms with Gasteiger partial charge in [-0.05, 0) is 30.5 Å². The van der Waals surface area contributed by atoms with Gasteiger partial charge in [0.15, 0.2) is 0 Å². The summed E-state index contributed by atoms with van der Waals surface area (Å²) in [6, 6.07) is 9.02. The first-order chi connectivity index (χ1) is 9.31. The van der Waals surface area contributed by atoms with E-state index < -0.39 is 0 Å². The number of hydrogen-bond donors (Lipinski definition) is 1. The first kappa shape index (κ1) is 12.2. The van der Waals surface area contributed by atoms with Gasteiger partial charge >= 0.3 is 0 Å². The zero-order chi connectivity index (χ0) is 13.1. The van der Waals surface area contributed by atoms with Crippen LogP contribution in [0.4, 0.5) is 0 Å². The minimum absolute atomic E-state index is 0.503. The van der Waals surface area contributed by atoms with Crippen LogP contribution in [0, 0.1) is 0 Å². The molecule has 100 valence electrons. The largest absolute Gasteiger partial charge is 0.486 e. The van der Waals surface area contributed by atoms with E-state index in [1.165, 1.54) is 18.4 Å². The van der Waals surface area contributed by atoms with Gasteiger partial charge in [0, 0.05) is 32.0 Å². The fraction of sp³-hybridized carbons (Fsp3) is 0.400. The molecule has 0 unspecified atom stereocenters. The molecule has 0 atom stereocenters. The van der Waals surface area contributed by atoms with Crippen LogP contribution >= 0.6 is 0 Å². The topological polar surface area (TPSA) is 39.1 Å². The van der Waals surface area contributed by atoms with Gasteiger partial charge in [0.25, 0.3) is 0 Å². The summed E-state index contributed by atoms with van der Waals surface area (Å²) in [7, 11) is 1.97. The maximum atomic E-state index is 5.72. The smallest absolute Gasteiger partial charge is 0.146 e. The van der Waals surface area contributed by atoms with E-state index >= 15 is 0 Å². The Morgan fingerprint density at radius 2 is 2.11 bits per heavy atom. The maximum absolute atomic E-state index is 5.72. The quantitative estimate of drug-likeness (QED) is 0.862. The van der Waals surface area contributed by atoms with E-state index in [2.05, 4.69) is 22.4 Å². The number of aryl methyl sites for hydroxylation is 1. The summed E-state index contributed by atoms with van der Waals surface area (Å²) < 4.78 is 7.69. The van der Waals surface area contributed by atoms with Crippen LogP contribution in [0.1, 0.15) is 24.2 Å². The van der Waals surface area contributed by atoms with Gasteiger partial charge in [0.2, 0.25) is 0 Å². The molecule has 0 aliphatic heterocycles. The predicted octanol–water partition coefficient (Wildman–Crippen LogP) is 2.25. The lowest BCUT2D eigenvalue weighted by atomic mass is 10.2. The Hall–Kier alpha value is -1.81. The first-order valence-corrected chi connectivity index (χ1v) is 6.72. The molecule has 1 fully saturated rings. The van der Waals surface area contributed by atoms with Gasteiger partial charge in [0.05, 0.1) is 0 Å². The lowest BCUT2D eigenvalue weighted by molar-refractivity contribution is 0.291. The summed E-state index contributed by atoms with van der Waals surface area (Å²) >= 11 is 0. The van der Waals surface area contributed by atoms with Crippen LogP contribution in [-0.2, 0) is 20.2 Å². The third kappa shape index (κ3) is 3.35. The van der Waals surface area contributed by atoms with Crippen molar-refractivity contribution in [3.63, 3.8) is 0 Å². The second kappa shape index (κ2) is 5.45. The minimum Gasteiger partial charge on any atom is -0.486 e. The van der Waals surface area contributed by atoms with Gasteiger partial charge < -0.3 is 14.6 Å². The van der Waals surface area contributed by atoms with E-state index in [-0.39, 0.29) is 0 Å². The normalized spacial score (nSPS) is 14.6. The molecule has 2 aromatic rings. The van der Waals surface area contributed by atoms with Crippen LogP contribution in [0.25, 0.3) is 0 Å². The summed E-state index contributed by atoms with van der Waals surface area (Å²) in [6.07, 6.45) is 6.35. The van der Waals surface area contributed by atoms with Gasteiger partial charge in [0.1, 0.15) is 18.2 Å². The molecule has 3 rings (SSSR count). The highest BCUT2D eigenvalue weighted by molar-refractivity contribution is 5.27. The molecule has 1 heterocycles. The predicted molar refractivity (Wildman–Crippen MR) is 73.8 cm³/mol. The Kier molecular flexibility index (Phi) is 3.51. The van der Waals surface area contributed by atoms with Crippen molar-refractivity contribution in [3.8, 4) is 5.75 Å². The standard InChI is InChI=1S/C15H19N3O/c1-18-9-8-16-15(18)11-19-14-6-2-12(3-7-14)10-17-13-4-5-13/h2-3,6-9,13,17H,4-5,10-11H2,1H3. The number of ether oxygens (including phenoxy) is 1. The number of aromatic nitrogens is 2. The van der Waals surface area contributed by atoms with Crippen LogP contribution in [0.3, 0.4) is 0 Å². The van der Waals surface area contributed by atoms with E-state index in [1.807, 2.05) is 29.9 Å². The van der Waals surface area contributed by atoms with Crippen molar-refractivity contribution in [3.05, 3.63) is 48.0 Å². The SMILES string of the molecule is Cn1ccnc1COc1ccc(CNC2CC2)cc1. The molecule has 19 heavy (non-hydrogen) atoms. The van der Waals surface area contributed by atoms with Crippen LogP contribution in [0.15, 0.2) is 36.7 Å². The maximum Gasteiger partial charge on any atom is 0.146 e. The van der Waals surface area contributed by atoms with E-state index in [4.69, 9.17) is 4.74 Å². The second-order valence-electron chi connectivity index (χ2n) is 5.04. The molecule has 0 radical (unpaired) electrons. The monoisotopic (exact) mass is 257 g/mol. The zero-order valence-corrected chi connectivity index (χ0v) is 11.2. The second-order valence-corrected chi connectivity index (χ2v) is 5.04. The van der Waals surface area contributed by atoms with Crippen molar-refractivity contribution in [1.82, 2.24) is 14.9 Å². The Morgan fingerprint density at radius 1 is 1.32 bits per heavy atom. The molecule has 0 saturated heterocycles. The van der Waals surface area contributed by atoms with Crippen LogP contribution < -0.4 is 10.1 Å². The molecule has 1 saturated carbocycles. The van der Waals surface area contributed by atoms with Gasteiger partial charge in [-0.1, -0.05) is 12.1 Å². The third-order valence-electron chi connectivity index (χ3n) is 3.38. The van der Waals surface area contributed by atoms with E-state index in [9.17, 15) is 0 Å². The highest BCUT2D eigenvalue weighted by atomic mass is 16.5. The van der Waals surface area contributed by atoms with Crippen molar-refractivity contribution in [1.29, 1.82) is 0 Å². The number of nitrogens with zero attached hydrogens (tertiary/aromatic N) is 2. The Morgan fingerprint density at radius 3 is 2.74 bits per heavy atom. The molecule has 1 aliphatic rings. The van der Waals surface area contributed by atoms with Crippen molar-refractivity contribution in [2.45, 2.75) is 32.0 Å². The van der Waals surface area contributed by atoms with Crippen molar-refractivity contribution in [2.75, 3.05) is 0 Å². The van der Waals surface area contributed by atoms with E-state index in [0.717, 1.165) is 24.2 Å². The highest BCUT2D eigenvalue weighted by Crippen LogP contribution is 2.20. The number of benzene rings is 1. The third-order valence-corrected chi connectivity index (χ3v) is 3.38. The summed E-state index contributed by atoms with van der Waals surface area (Å²) in [6.45, 7) is 1.45. The molecule has 4 nitrogen and oxygen atoms in total. The minimum atomic E-state index is 0.503. The summed E-state index contributed by atoms with van der Waals surface area (Å²) in [5.41, 5.74) is 1.30. The average molecular weight is 257 g/mol. The van der Waals surface area contributed by atoms with Gasteiger partial charge in [-0.15, -0.1) is 0 Å². The molecule has 0 amide bonds. The molecule has 4 heteroatoms. The molecule has 1 N–H and O–H groups in total. The van der Waals surface area contributed by atoms with Crippen LogP contribution in [-0.4, -0.2) is 15.6 Å². The average Bonchev–Trinajstić information content (AvgIpc) is 3.18. The zero-order valence-electron chi connectivity index (χ0n) is 11.2. The fourth-order valence-corrected chi connectivity index (χ4v) is 1.94.